The van der Waals surface area contributed by atoms with Gasteiger partial charge in [-0.15, -0.1) is 0 Å². The first kappa shape index (κ1) is 24.8. The van der Waals surface area contributed by atoms with E-state index in [0.717, 1.165) is 22.6 Å². The van der Waals surface area contributed by atoms with Crippen LogP contribution in [0.5, 0.6) is 0 Å². The number of para-hydroxylation sites is 1. The molecule has 1 amide bonds. The fourth-order valence-electron chi connectivity index (χ4n) is 3.95. The molecule has 0 aliphatic carbocycles. The topological polar surface area (TPSA) is 112 Å². The maximum Gasteiger partial charge on any atom is 0.407 e. The van der Waals surface area contributed by atoms with Crippen molar-refractivity contribution in [3.8, 4) is 0 Å². The third-order valence-electron chi connectivity index (χ3n) is 5.67. The molecule has 0 saturated carbocycles. The quantitative estimate of drug-likeness (QED) is 0.250. The second kappa shape index (κ2) is 11.4. The van der Waals surface area contributed by atoms with Crippen LogP contribution < -0.4 is 10.6 Å². The van der Waals surface area contributed by atoms with Crippen molar-refractivity contribution in [1.82, 2.24) is 24.6 Å². The van der Waals surface area contributed by atoms with Crippen molar-refractivity contribution >= 4 is 34.9 Å². The average Bonchev–Trinajstić information content (AvgIpc) is 3.44. The normalized spacial score (nSPS) is 10.9. The van der Waals surface area contributed by atoms with E-state index in [0.29, 0.717) is 43.1 Å². The second-order valence-corrected chi connectivity index (χ2v) is 8.21. The van der Waals surface area contributed by atoms with Gasteiger partial charge in [-0.2, -0.15) is 5.10 Å². The highest BCUT2D eigenvalue weighted by Crippen LogP contribution is 2.26. The van der Waals surface area contributed by atoms with Crippen LogP contribution in [-0.4, -0.2) is 45.0 Å². The summed E-state index contributed by atoms with van der Waals surface area (Å²) < 4.78 is 14.1. The molecule has 188 valence electrons. The number of anilines is 2. The monoisotopic (exact) mass is 490 g/mol. The first-order valence-electron chi connectivity index (χ1n) is 11.8. The number of hydrogen-bond donors (Lipinski definition) is 2. The van der Waals surface area contributed by atoms with Gasteiger partial charge in [-0.25, -0.2) is 19.3 Å². The van der Waals surface area contributed by atoms with Crippen LogP contribution >= 0.6 is 0 Å². The Balaban J connectivity index is 1.49. The Hall–Kier alpha value is -4.34. The molecule has 36 heavy (non-hydrogen) atoms. The molecule has 0 spiro atoms. The van der Waals surface area contributed by atoms with Crippen molar-refractivity contribution in [2.24, 2.45) is 0 Å². The zero-order valence-electron chi connectivity index (χ0n) is 20.7. The Morgan fingerprint density at radius 3 is 2.64 bits per heavy atom. The number of rotatable bonds is 10. The van der Waals surface area contributed by atoms with E-state index in [4.69, 9.17) is 14.5 Å². The zero-order valence-corrected chi connectivity index (χ0v) is 20.7. The summed E-state index contributed by atoms with van der Waals surface area (Å²) in [7, 11) is 1.35. The highest BCUT2D eigenvalue weighted by molar-refractivity contribution is 6.02. The van der Waals surface area contributed by atoms with Gasteiger partial charge in [0.2, 0.25) is 5.95 Å². The van der Waals surface area contributed by atoms with Gasteiger partial charge in [-0.1, -0.05) is 36.4 Å². The molecular formula is C26H30N6O4. The SMILES string of the molecule is CCn1nc(C)cc1Nc1nc2c(C(=O)OC)cccc2n1CCCNC(=O)OCc1ccccc1. The third kappa shape index (κ3) is 5.65. The molecule has 0 saturated heterocycles. The lowest BCUT2D eigenvalue weighted by Crippen LogP contribution is -2.26. The number of hydrogen-bond acceptors (Lipinski definition) is 7. The predicted molar refractivity (Wildman–Crippen MR) is 136 cm³/mol. The van der Waals surface area contributed by atoms with Crippen molar-refractivity contribution in [3.05, 3.63) is 71.4 Å². The number of esters is 1. The molecule has 0 atom stereocenters. The largest absolute Gasteiger partial charge is 0.465 e. The van der Waals surface area contributed by atoms with Gasteiger partial charge in [0.1, 0.15) is 17.9 Å². The molecular weight excluding hydrogens is 460 g/mol. The van der Waals surface area contributed by atoms with E-state index in [2.05, 4.69) is 15.7 Å². The number of imidazole rings is 1. The minimum atomic E-state index is -0.469. The summed E-state index contributed by atoms with van der Waals surface area (Å²) in [6.45, 7) is 5.81. The molecule has 0 bridgehead atoms. The summed E-state index contributed by atoms with van der Waals surface area (Å²) in [4.78, 5) is 29.2. The van der Waals surface area contributed by atoms with Crippen LogP contribution in [0.3, 0.4) is 0 Å². The smallest absolute Gasteiger partial charge is 0.407 e. The number of aryl methyl sites for hydroxylation is 3. The lowest BCUT2D eigenvalue weighted by atomic mass is 10.2. The summed E-state index contributed by atoms with van der Waals surface area (Å²) in [5.74, 6) is 0.922. The van der Waals surface area contributed by atoms with Gasteiger partial charge in [0, 0.05) is 25.7 Å². The van der Waals surface area contributed by atoms with E-state index in [1.54, 1.807) is 12.1 Å². The molecule has 2 aromatic heterocycles. The van der Waals surface area contributed by atoms with Crippen molar-refractivity contribution < 1.29 is 19.1 Å². The van der Waals surface area contributed by atoms with Gasteiger partial charge in [0.25, 0.3) is 0 Å². The number of alkyl carbamates (subject to hydrolysis) is 1. The van der Waals surface area contributed by atoms with E-state index < -0.39 is 12.1 Å². The average molecular weight is 491 g/mol. The lowest BCUT2D eigenvalue weighted by molar-refractivity contribution is 0.0602. The van der Waals surface area contributed by atoms with Crippen LogP contribution in [0.1, 0.15) is 35.0 Å². The molecule has 2 aromatic carbocycles. The minimum Gasteiger partial charge on any atom is -0.465 e. The molecule has 10 heteroatoms. The van der Waals surface area contributed by atoms with E-state index in [1.165, 1.54) is 7.11 Å². The zero-order chi connectivity index (χ0) is 25.5. The standard InChI is InChI=1S/C26H30N6O4/c1-4-32-22(16-18(2)30-32)28-25-29-23-20(24(33)35-3)12-8-13-21(23)31(25)15-9-14-27-26(34)36-17-19-10-6-5-7-11-19/h5-8,10-13,16H,4,9,14-15,17H2,1-3H3,(H,27,34)(H,28,29). The molecule has 4 rings (SSSR count). The van der Waals surface area contributed by atoms with Gasteiger partial charge < -0.3 is 24.7 Å². The van der Waals surface area contributed by atoms with Crippen molar-refractivity contribution in [1.29, 1.82) is 0 Å². The molecule has 0 radical (unpaired) electrons. The van der Waals surface area contributed by atoms with Crippen molar-refractivity contribution in [2.45, 2.75) is 40.0 Å². The molecule has 2 N–H and O–H groups in total. The maximum absolute atomic E-state index is 12.3. The first-order valence-corrected chi connectivity index (χ1v) is 11.8. The van der Waals surface area contributed by atoms with E-state index in [-0.39, 0.29) is 6.61 Å². The number of fused-ring (bicyclic) bond motifs is 1. The van der Waals surface area contributed by atoms with Gasteiger partial charge in [0.05, 0.1) is 23.9 Å². The fraction of sp³-hybridized carbons (Fsp3) is 0.308. The Bertz CT molecular complexity index is 1350. The molecule has 0 fully saturated rings. The summed E-state index contributed by atoms with van der Waals surface area (Å²) in [5.41, 5.74) is 3.53. The van der Waals surface area contributed by atoms with Crippen molar-refractivity contribution in [2.75, 3.05) is 19.0 Å². The fourth-order valence-corrected chi connectivity index (χ4v) is 3.95. The highest BCUT2D eigenvalue weighted by Gasteiger charge is 2.19. The number of nitrogens with zero attached hydrogens (tertiary/aromatic N) is 4. The maximum atomic E-state index is 12.3. The van der Waals surface area contributed by atoms with Crippen LogP contribution in [0.25, 0.3) is 11.0 Å². The Kier molecular flexibility index (Phi) is 7.84. The number of benzene rings is 2. The van der Waals surface area contributed by atoms with E-state index in [9.17, 15) is 9.59 Å². The third-order valence-corrected chi connectivity index (χ3v) is 5.67. The van der Waals surface area contributed by atoms with Crippen LogP contribution in [0, 0.1) is 6.92 Å². The summed E-state index contributed by atoms with van der Waals surface area (Å²) >= 11 is 0. The number of nitrogens with one attached hydrogen (secondary N) is 2. The molecule has 0 aliphatic rings. The van der Waals surface area contributed by atoms with E-state index >= 15 is 0 Å². The summed E-state index contributed by atoms with van der Waals surface area (Å²) in [6, 6.07) is 16.9. The predicted octanol–water partition coefficient (Wildman–Crippen LogP) is 4.41. The molecule has 0 unspecified atom stereocenters. The number of amides is 1. The highest BCUT2D eigenvalue weighted by atomic mass is 16.5. The Morgan fingerprint density at radius 2 is 1.89 bits per heavy atom. The summed E-state index contributed by atoms with van der Waals surface area (Å²) in [5, 5.41) is 10.6. The first-order chi connectivity index (χ1) is 17.5. The number of methoxy groups -OCH3 is 1. The second-order valence-electron chi connectivity index (χ2n) is 8.21. The van der Waals surface area contributed by atoms with Crippen LogP contribution in [-0.2, 0) is 29.2 Å². The number of aromatic nitrogens is 4. The minimum absolute atomic E-state index is 0.216. The molecule has 4 aromatic rings. The van der Waals surface area contributed by atoms with Crippen molar-refractivity contribution in [3.63, 3.8) is 0 Å². The van der Waals surface area contributed by atoms with Gasteiger partial charge in [-0.05, 0) is 38.0 Å². The van der Waals surface area contributed by atoms with Crippen LogP contribution in [0.4, 0.5) is 16.6 Å². The van der Waals surface area contributed by atoms with E-state index in [1.807, 2.05) is 65.6 Å². The molecule has 10 nitrogen and oxygen atoms in total. The van der Waals surface area contributed by atoms with Crippen LogP contribution in [0.2, 0.25) is 0 Å². The van der Waals surface area contributed by atoms with Gasteiger partial charge in [-0.3, -0.25) is 0 Å². The molecule has 2 heterocycles. The Morgan fingerprint density at radius 1 is 1.08 bits per heavy atom. The molecule has 0 aliphatic heterocycles. The Labute approximate surface area is 209 Å². The summed E-state index contributed by atoms with van der Waals surface area (Å²) in [6.07, 6.45) is 0.151. The van der Waals surface area contributed by atoms with Crippen LogP contribution in [0.15, 0.2) is 54.6 Å². The number of carbonyl (C=O) groups is 2. The number of ether oxygens (including phenoxy) is 2. The number of carbonyl (C=O) groups excluding carboxylic acids is 2. The van der Waals surface area contributed by atoms with Gasteiger partial charge in [0.15, 0.2) is 0 Å². The lowest BCUT2D eigenvalue weighted by Gasteiger charge is -2.12. The van der Waals surface area contributed by atoms with Gasteiger partial charge >= 0.3 is 12.1 Å².